The van der Waals surface area contributed by atoms with Crippen LogP contribution in [-0.4, -0.2) is 16.5 Å². The number of nitrogens with zero attached hydrogens (tertiary/aromatic N) is 1. The van der Waals surface area contributed by atoms with Crippen molar-refractivity contribution in [3.05, 3.63) is 27.9 Å². The number of nitrogens with one attached hydrogen (secondary N) is 1. The lowest BCUT2D eigenvalue weighted by Crippen LogP contribution is -2.17. The molecule has 0 aliphatic rings. The van der Waals surface area contributed by atoms with Crippen LogP contribution in [0.25, 0.3) is 0 Å². The predicted molar refractivity (Wildman–Crippen MR) is 47.0 cm³/mol. The molecular formula is C8H13N3O. The van der Waals surface area contributed by atoms with Crippen LogP contribution in [0, 0.1) is 0 Å². The van der Waals surface area contributed by atoms with Crippen molar-refractivity contribution in [3.8, 4) is 0 Å². The zero-order valence-corrected chi connectivity index (χ0v) is 7.13. The van der Waals surface area contributed by atoms with Gasteiger partial charge in [-0.25, -0.2) is 4.98 Å². The molecule has 0 atom stereocenters. The van der Waals surface area contributed by atoms with Crippen molar-refractivity contribution in [2.24, 2.45) is 5.73 Å². The molecule has 3 N–H and O–H groups in total. The van der Waals surface area contributed by atoms with Crippen LogP contribution in [0.4, 0.5) is 0 Å². The summed E-state index contributed by atoms with van der Waals surface area (Å²) in [5, 5.41) is 0. The fraction of sp³-hybridized carbons (Fsp3) is 0.500. The largest absolute Gasteiger partial charge is 0.330 e. The molecule has 1 rings (SSSR count). The van der Waals surface area contributed by atoms with E-state index in [-0.39, 0.29) is 5.56 Å². The second kappa shape index (κ2) is 4.01. The molecule has 1 aromatic rings. The Morgan fingerprint density at radius 3 is 2.92 bits per heavy atom. The van der Waals surface area contributed by atoms with Crippen LogP contribution < -0.4 is 11.3 Å². The highest BCUT2D eigenvalue weighted by molar-refractivity contribution is 5.05. The average molecular weight is 167 g/mol. The van der Waals surface area contributed by atoms with Gasteiger partial charge in [0.2, 0.25) is 0 Å². The first-order chi connectivity index (χ1) is 5.77. The Labute approximate surface area is 70.8 Å². The summed E-state index contributed by atoms with van der Waals surface area (Å²) in [6.07, 6.45) is 2.95. The molecule has 0 aliphatic carbocycles. The van der Waals surface area contributed by atoms with Gasteiger partial charge in [0.15, 0.2) is 0 Å². The zero-order valence-electron chi connectivity index (χ0n) is 7.13. The number of hydrogen-bond acceptors (Lipinski definition) is 3. The highest BCUT2D eigenvalue weighted by atomic mass is 16.1. The number of hydrogen-bond donors (Lipinski definition) is 2. The summed E-state index contributed by atoms with van der Waals surface area (Å²) in [6.45, 7) is 2.43. The van der Waals surface area contributed by atoms with Crippen molar-refractivity contribution in [1.29, 1.82) is 0 Å². The summed E-state index contributed by atoms with van der Waals surface area (Å²) < 4.78 is 0. The second-order valence-electron chi connectivity index (χ2n) is 2.58. The average Bonchev–Trinajstić information content (AvgIpc) is 2.05. The first-order valence-corrected chi connectivity index (χ1v) is 4.05. The molecule has 66 valence electrons. The lowest BCUT2D eigenvalue weighted by molar-refractivity contribution is 0.840. The van der Waals surface area contributed by atoms with Gasteiger partial charge < -0.3 is 10.7 Å². The van der Waals surface area contributed by atoms with Crippen molar-refractivity contribution in [2.75, 3.05) is 6.54 Å². The molecule has 0 aliphatic heterocycles. The predicted octanol–water partition coefficient (Wildman–Crippen LogP) is -0.167. The second-order valence-corrected chi connectivity index (χ2v) is 2.58. The number of aromatic nitrogens is 2. The van der Waals surface area contributed by atoms with Crippen molar-refractivity contribution >= 4 is 0 Å². The Kier molecular flexibility index (Phi) is 2.99. The van der Waals surface area contributed by atoms with Gasteiger partial charge in [-0.2, -0.15) is 0 Å². The van der Waals surface area contributed by atoms with Crippen molar-refractivity contribution in [2.45, 2.75) is 19.8 Å². The number of nitrogens with two attached hydrogens (primary N) is 1. The summed E-state index contributed by atoms with van der Waals surface area (Å²) in [7, 11) is 0. The smallest absolute Gasteiger partial charge is 0.254 e. The summed E-state index contributed by atoms with van der Waals surface area (Å²) in [5.74, 6) is 0.666. The van der Waals surface area contributed by atoms with Crippen molar-refractivity contribution < 1.29 is 0 Å². The Hall–Kier alpha value is -1.16. The Morgan fingerprint density at radius 2 is 2.42 bits per heavy atom. The van der Waals surface area contributed by atoms with Crippen LogP contribution in [0.5, 0.6) is 0 Å². The van der Waals surface area contributed by atoms with E-state index < -0.39 is 0 Å². The number of aromatic amines is 1. The van der Waals surface area contributed by atoms with E-state index in [2.05, 4.69) is 9.97 Å². The summed E-state index contributed by atoms with van der Waals surface area (Å²) in [5.41, 5.74) is 5.99. The van der Waals surface area contributed by atoms with E-state index >= 15 is 0 Å². The van der Waals surface area contributed by atoms with Crippen molar-refractivity contribution in [3.63, 3.8) is 0 Å². The van der Waals surface area contributed by atoms with Gasteiger partial charge in [0.1, 0.15) is 5.82 Å². The van der Waals surface area contributed by atoms with Gasteiger partial charge in [-0.15, -0.1) is 0 Å². The van der Waals surface area contributed by atoms with E-state index in [1.54, 1.807) is 6.20 Å². The van der Waals surface area contributed by atoms with E-state index in [0.29, 0.717) is 25.2 Å². The molecule has 0 amide bonds. The van der Waals surface area contributed by atoms with E-state index in [1.165, 1.54) is 0 Å². The maximum Gasteiger partial charge on any atom is 0.254 e. The minimum Gasteiger partial charge on any atom is -0.330 e. The molecular weight excluding hydrogens is 154 g/mol. The molecule has 1 heterocycles. The van der Waals surface area contributed by atoms with Crippen LogP contribution in [-0.2, 0) is 12.8 Å². The topological polar surface area (TPSA) is 71.8 Å². The van der Waals surface area contributed by atoms with Gasteiger partial charge in [0.05, 0.1) is 0 Å². The highest BCUT2D eigenvalue weighted by Gasteiger charge is 1.98. The Morgan fingerprint density at radius 1 is 1.67 bits per heavy atom. The van der Waals surface area contributed by atoms with Crippen LogP contribution in [0.15, 0.2) is 11.0 Å². The molecule has 4 heteroatoms. The van der Waals surface area contributed by atoms with E-state index in [4.69, 9.17) is 5.73 Å². The molecule has 0 radical (unpaired) electrons. The SMILES string of the molecule is CCc1cnc(CCN)[nH]c1=O. The molecule has 0 spiro atoms. The molecule has 0 saturated heterocycles. The monoisotopic (exact) mass is 167 g/mol. The molecule has 0 unspecified atom stereocenters. The maximum atomic E-state index is 11.2. The quantitative estimate of drug-likeness (QED) is 0.656. The van der Waals surface area contributed by atoms with Gasteiger partial charge in [-0.3, -0.25) is 4.79 Å². The zero-order chi connectivity index (χ0) is 8.97. The van der Waals surface area contributed by atoms with Gasteiger partial charge >= 0.3 is 0 Å². The number of H-pyrrole nitrogens is 1. The summed E-state index contributed by atoms with van der Waals surface area (Å²) >= 11 is 0. The van der Waals surface area contributed by atoms with Gasteiger partial charge in [0.25, 0.3) is 5.56 Å². The van der Waals surface area contributed by atoms with Gasteiger partial charge in [-0.05, 0) is 13.0 Å². The van der Waals surface area contributed by atoms with E-state index in [1.807, 2.05) is 6.92 Å². The first-order valence-electron chi connectivity index (χ1n) is 4.05. The van der Waals surface area contributed by atoms with Crippen LogP contribution >= 0.6 is 0 Å². The molecule has 0 saturated carbocycles. The van der Waals surface area contributed by atoms with Crippen LogP contribution in [0.1, 0.15) is 18.3 Å². The lowest BCUT2D eigenvalue weighted by Gasteiger charge is -1.98. The molecule has 0 bridgehead atoms. The maximum absolute atomic E-state index is 11.2. The molecule has 0 fully saturated rings. The number of rotatable bonds is 3. The normalized spacial score (nSPS) is 10.2. The van der Waals surface area contributed by atoms with E-state index in [0.717, 1.165) is 5.56 Å². The minimum absolute atomic E-state index is 0.0454. The molecule has 4 nitrogen and oxygen atoms in total. The third-order valence-electron chi connectivity index (χ3n) is 1.69. The summed E-state index contributed by atoms with van der Waals surface area (Å²) in [6, 6.07) is 0. The third-order valence-corrected chi connectivity index (χ3v) is 1.69. The highest BCUT2D eigenvalue weighted by Crippen LogP contribution is 1.90. The number of aryl methyl sites for hydroxylation is 1. The van der Waals surface area contributed by atoms with Crippen LogP contribution in [0.2, 0.25) is 0 Å². The first kappa shape index (κ1) is 8.93. The minimum atomic E-state index is -0.0454. The standard InChI is InChI=1S/C8H13N3O/c1-2-6-5-10-7(3-4-9)11-8(6)12/h5H,2-4,9H2,1H3,(H,10,11,12). The Balaban J connectivity index is 2.94. The van der Waals surface area contributed by atoms with Gasteiger partial charge in [-0.1, -0.05) is 6.92 Å². The van der Waals surface area contributed by atoms with Crippen LogP contribution in [0.3, 0.4) is 0 Å². The third kappa shape index (κ3) is 1.92. The van der Waals surface area contributed by atoms with Gasteiger partial charge in [0, 0.05) is 18.2 Å². The molecule has 1 aromatic heterocycles. The fourth-order valence-corrected chi connectivity index (χ4v) is 0.974. The Bertz CT molecular complexity index is 305. The fourth-order valence-electron chi connectivity index (χ4n) is 0.974. The lowest BCUT2D eigenvalue weighted by atomic mass is 10.2. The van der Waals surface area contributed by atoms with Crippen molar-refractivity contribution in [1.82, 2.24) is 9.97 Å². The molecule has 0 aromatic carbocycles. The van der Waals surface area contributed by atoms with E-state index in [9.17, 15) is 4.79 Å². The summed E-state index contributed by atoms with van der Waals surface area (Å²) in [4.78, 5) is 18.0. The molecule has 12 heavy (non-hydrogen) atoms.